The van der Waals surface area contributed by atoms with Crippen molar-refractivity contribution in [2.45, 2.75) is 5.60 Å². The topological polar surface area (TPSA) is 77.9 Å². The van der Waals surface area contributed by atoms with E-state index in [9.17, 15) is 19.5 Å². The van der Waals surface area contributed by atoms with E-state index in [1.54, 1.807) is 0 Å². The molecule has 4 amide bonds. The van der Waals surface area contributed by atoms with Gasteiger partial charge in [-0.25, -0.2) is 4.79 Å². The van der Waals surface area contributed by atoms with Crippen LogP contribution in [-0.2, 0) is 15.2 Å². The summed E-state index contributed by atoms with van der Waals surface area (Å²) in [5.41, 5.74) is -2.33. The number of hydrogen-bond donors (Lipinski definition) is 1. The van der Waals surface area contributed by atoms with Crippen molar-refractivity contribution in [3.05, 3.63) is 34.9 Å². The molecule has 1 saturated heterocycles. The number of amides is 4. The van der Waals surface area contributed by atoms with E-state index in [1.165, 1.54) is 38.4 Å². The van der Waals surface area contributed by atoms with Gasteiger partial charge in [0.15, 0.2) is 0 Å². The molecule has 7 heteroatoms. The lowest BCUT2D eigenvalue weighted by Gasteiger charge is -2.38. The van der Waals surface area contributed by atoms with Gasteiger partial charge in [-0.1, -0.05) is 23.7 Å². The molecule has 1 aromatic carbocycles. The smallest absolute Gasteiger partial charge is 0.333 e. The van der Waals surface area contributed by atoms with Crippen LogP contribution in [0.3, 0.4) is 0 Å². The van der Waals surface area contributed by atoms with Crippen LogP contribution in [0.4, 0.5) is 4.79 Å². The fourth-order valence-electron chi connectivity index (χ4n) is 1.91. The first-order valence-corrected chi connectivity index (χ1v) is 5.76. The fourth-order valence-corrected chi connectivity index (χ4v) is 2.04. The van der Waals surface area contributed by atoms with Gasteiger partial charge in [0, 0.05) is 24.7 Å². The SMILES string of the molecule is CN1C(=O)N(C)C(=O)C(O)(c2ccc(Cl)cc2)C1=O. The van der Waals surface area contributed by atoms with E-state index in [0.29, 0.717) is 14.8 Å². The van der Waals surface area contributed by atoms with E-state index >= 15 is 0 Å². The third-order valence-corrected chi connectivity index (χ3v) is 3.32. The second-order valence-electron chi connectivity index (χ2n) is 4.23. The molecule has 1 aliphatic rings. The first-order chi connectivity index (χ1) is 8.80. The summed E-state index contributed by atoms with van der Waals surface area (Å²) in [6.45, 7) is 0. The normalized spacial score (nSPS) is 19.1. The monoisotopic (exact) mass is 282 g/mol. The summed E-state index contributed by atoms with van der Waals surface area (Å²) < 4.78 is 0. The van der Waals surface area contributed by atoms with E-state index in [0.717, 1.165) is 0 Å². The van der Waals surface area contributed by atoms with Crippen LogP contribution < -0.4 is 0 Å². The van der Waals surface area contributed by atoms with Crippen molar-refractivity contribution in [3.63, 3.8) is 0 Å². The van der Waals surface area contributed by atoms with Gasteiger partial charge in [0.2, 0.25) is 5.60 Å². The van der Waals surface area contributed by atoms with Gasteiger partial charge in [-0.3, -0.25) is 19.4 Å². The molecule has 0 aliphatic carbocycles. The largest absolute Gasteiger partial charge is 0.368 e. The second-order valence-corrected chi connectivity index (χ2v) is 4.66. The van der Waals surface area contributed by atoms with Crippen LogP contribution in [0.1, 0.15) is 5.56 Å². The van der Waals surface area contributed by atoms with Crippen LogP contribution in [-0.4, -0.2) is 46.8 Å². The summed E-state index contributed by atoms with van der Waals surface area (Å²) >= 11 is 5.72. The predicted octanol–water partition coefficient (Wildman–Crippen LogP) is 0.578. The minimum atomic E-state index is -2.40. The highest BCUT2D eigenvalue weighted by Gasteiger charge is 2.55. The zero-order valence-electron chi connectivity index (χ0n) is 10.3. The average molecular weight is 283 g/mol. The molecule has 0 aromatic heterocycles. The van der Waals surface area contributed by atoms with Crippen molar-refractivity contribution < 1.29 is 19.5 Å². The Labute approximate surface area is 114 Å². The maximum Gasteiger partial charge on any atom is 0.333 e. The maximum absolute atomic E-state index is 12.1. The summed E-state index contributed by atoms with van der Waals surface area (Å²) in [5, 5.41) is 10.9. The molecule has 0 unspecified atom stereocenters. The molecule has 1 aliphatic heterocycles. The molecule has 1 heterocycles. The van der Waals surface area contributed by atoms with Gasteiger partial charge in [0.05, 0.1) is 0 Å². The zero-order valence-corrected chi connectivity index (χ0v) is 11.0. The van der Waals surface area contributed by atoms with Crippen molar-refractivity contribution >= 4 is 29.4 Å². The lowest BCUT2D eigenvalue weighted by molar-refractivity contribution is -0.169. The van der Waals surface area contributed by atoms with Gasteiger partial charge in [-0.15, -0.1) is 0 Å². The van der Waals surface area contributed by atoms with Crippen molar-refractivity contribution in [3.8, 4) is 0 Å². The molecular formula is C12H11ClN2O4. The molecule has 1 fully saturated rings. The minimum Gasteiger partial charge on any atom is -0.368 e. The molecule has 6 nitrogen and oxygen atoms in total. The molecule has 0 radical (unpaired) electrons. The number of carbonyl (C=O) groups is 3. The predicted molar refractivity (Wildman–Crippen MR) is 66.3 cm³/mol. The first kappa shape index (κ1) is 13.5. The molecule has 19 heavy (non-hydrogen) atoms. The average Bonchev–Trinajstić information content (AvgIpc) is 2.41. The van der Waals surface area contributed by atoms with Crippen LogP contribution in [0.15, 0.2) is 24.3 Å². The van der Waals surface area contributed by atoms with Crippen LogP contribution in [0.5, 0.6) is 0 Å². The Bertz CT molecular complexity index is 546. The molecule has 1 aromatic rings. The Morgan fingerprint density at radius 2 is 1.42 bits per heavy atom. The number of likely N-dealkylation sites (N-methyl/N-ethyl adjacent to an activating group) is 2. The fraction of sp³-hybridized carbons (Fsp3) is 0.250. The van der Waals surface area contributed by atoms with Crippen molar-refractivity contribution in [1.82, 2.24) is 9.80 Å². The van der Waals surface area contributed by atoms with Crippen molar-refractivity contribution in [2.75, 3.05) is 14.1 Å². The number of halogens is 1. The number of rotatable bonds is 1. The van der Waals surface area contributed by atoms with E-state index in [4.69, 9.17) is 11.6 Å². The molecular weight excluding hydrogens is 272 g/mol. The van der Waals surface area contributed by atoms with Crippen LogP contribution >= 0.6 is 11.6 Å². The number of benzene rings is 1. The summed E-state index contributed by atoms with van der Waals surface area (Å²) in [5.74, 6) is -1.97. The van der Waals surface area contributed by atoms with Crippen LogP contribution in [0.25, 0.3) is 0 Å². The Balaban J connectivity index is 2.57. The Morgan fingerprint density at radius 3 is 1.84 bits per heavy atom. The summed E-state index contributed by atoms with van der Waals surface area (Å²) in [7, 11) is 2.41. The number of aliphatic hydroxyl groups is 1. The highest BCUT2D eigenvalue weighted by atomic mass is 35.5. The molecule has 0 bridgehead atoms. The number of hydrogen-bond acceptors (Lipinski definition) is 4. The molecule has 0 spiro atoms. The molecule has 2 rings (SSSR count). The Kier molecular flexibility index (Phi) is 3.07. The lowest BCUT2D eigenvalue weighted by atomic mass is 9.89. The third kappa shape index (κ3) is 1.80. The summed E-state index contributed by atoms with van der Waals surface area (Å²) in [4.78, 5) is 37.2. The number of carbonyl (C=O) groups excluding carboxylic acids is 3. The minimum absolute atomic E-state index is 0.0677. The number of imide groups is 2. The summed E-state index contributed by atoms with van der Waals surface area (Å²) in [6, 6.07) is 4.86. The van der Waals surface area contributed by atoms with Crippen molar-refractivity contribution in [1.29, 1.82) is 0 Å². The van der Waals surface area contributed by atoms with Gasteiger partial charge in [-0.2, -0.15) is 0 Å². The Hall–Kier alpha value is -1.92. The maximum atomic E-state index is 12.1. The molecule has 0 atom stereocenters. The van der Waals surface area contributed by atoms with E-state index in [2.05, 4.69) is 0 Å². The van der Waals surface area contributed by atoms with Gasteiger partial charge in [0.25, 0.3) is 11.8 Å². The zero-order chi connectivity index (χ0) is 14.4. The van der Waals surface area contributed by atoms with E-state index in [-0.39, 0.29) is 5.56 Å². The highest BCUT2D eigenvalue weighted by Crippen LogP contribution is 2.30. The molecule has 100 valence electrons. The number of barbiturate groups is 1. The van der Waals surface area contributed by atoms with Crippen LogP contribution in [0.2, 0.25) is 5.02 Å². The third-order valence-electron chi connectivity index (χ3n) is 3.06. The van der Waals surface area contributed by atoms with Crippen LogP contribution in [0, 0.1) is 0 Å². The lowest BCUT2D eigenvalue weighted by Crippen LogP contribution is -2.65. The van der Waals surface area contributed by atoms with Gasteiger partial charge < -0.3 is 5.11 Å². The van der Waals surface area contributed by atoms with Gasteiger partial charge in [0.1, 0.15) is 0 Å². The molecule has 0 saturated carbocycles. The second kappa shape index (κ2) is 4.32. The molecule has 1 N–H and O–H groups in total. The summed E-state index contributed by atoms with van der Waals surface area (Å²) in [6.07, 6.45) is 0. The Morgan fingerprint density at radius 1 is 1.00 bits per heavy atom. The standard InChI is InChI=1S/C12H11ClN2O4/c1-14-9(16)12(19,10(17)15(2)11(14)18)7-3-5-8(13)6-4-7/h3-6,19H,1-2H3. The number of urea groups is 1. The first-order valence-electron chi connectivity index (χ1n) is 5.39. The number of nitrogens with zero attached hydrogens (tertiary/aromatic N) is 2. The quantitative estimate of drug-likeness (QED) is 0.764. The highest BCUT2D eigenvalue weighted by molar-refractivity contribution is 6.30. The van der Waals surface area contributed by atoms with Gasteiger partial charge in [-0.05, 0) is 12.1 Å². The van der Waals surface area contributed by atoms with Crippen molar-refractivity contribution in [2.24, 2.45) is 0 Å². The van der Waals surface area contributed by atoms with Gasteiger partial charge >= 0.3 is 6.03 Å². The van der Waals surface area contributed by atoms with E-state index < -0.39 is 23.4 Å². The van der Waals surface area contributed by atoms with E-state index in [1.807, 2.05) is 0 Å².